The van der Waals surface area contributed by atoms with Gasteiger partial charge in [-0.3, -0.25) is 9.59 Å². The predicted molar refractivity (Wildman–Crippen MR) is 89.0 cm³/mol. The molecule has 0 aliphatic rings. The van der Waals surface area contributed by atoms with E-state index in [1.165, 1.54) is 0 Å². The molecule has 0 spiro atoms. The van der Waals surface area contributed by atoms with Gasteiger partial charge in [0.05, 0.1) is 19.8 Å². The molecule has 0 radical (unpaired) electrons. The molecule has 2 amide bonds. The highest BCUT2D eigenvalue weighted by atomic mass is 16.5. The topological polar surface area (TPSA) is 76.7 Å². The number of carbonyl (C=O) groups excluding carboxylic acids is 2. The van der Waals surface area contributed by atoms with E-state index in [2.05, 4.69) is 10.6 Å². The van der Waals surface area contributed by atoms with E-state index in [1.54, 1.807) is 18.2 Å². The minimum Gasteiger partial charge on any atom is -0.490 e. The number of hydrogen-bond acceptors (Lipinski definition) is 4. The summed E-state index contributed by atoms with van der Waals surface area (Å²) >= 11 is 0. The van der Waals surface area contributed by atoms with Crippen molar-refractivity contribution in [2.45, 2.75) is 33.6 Å². The first-order valence-electron chi connectivity index (χ1n) is 8.06. The fourth-order valence-electron chi connectivity index (χ4n) is 1.84. The van der Waals surface area contributed by atoms with Crippen LogP contribution >= 0.6 is 0 Å². The minimum atomic E-state index is -0.320. The molecule has 1 aromatic carbocycles. The van der Waals surface area contributed by atoms with Crippen molar-refractivity contribution in [3.63, 3.8) is 0 Å². The maximum Gasteiger partial charge on any atom is 0.251 e. The summed E-state index contributed by atoms with van der Waals surface area (Å²) in [6.45, 7) is 7.48. The van der Waals surface area contributed by atoms with Crippen molar-refractivity contribution in [2.75, 3.05) is 26.3 Å². The summed E-state index contributed by atoms with van der Waals surface area (Å²) < 4.78 is 11.1. The highest BCUT2D eigenvalue weighted by molar-refractivity contribution is 5.97. The molecule has 0 saturated heterocycles. The van der Waals surface area contributed by atoms with E-state index in [-0.39, 0.29) is 18.4 Å². The Morgan fingerprint density at radius 1 is 1.00 bits per heavy atom. The molecule has 0 atom stereocenters. The summed E-state index contributed by atoms with van der Waals surface area (Å²) in [7, 11) is 0. The van der Waals surface area contributed by atoms with E-state index in [1.807, 2.05) is 20.8 Å². The lowest BCUT2D eigenvalue weighted by Gasteiger charge is -2.13. The quantitative estimate of drug-likeness (QED) is 0.692. The second-order valence-corrected chi connectivity index (χ2v) is 4.98. The predicted octanol–water partition coefficient (Wildman–Crippen LogP) is 2.13. The molecule has 2 N–H and O–H groups in total. The molecule has 0 fully saturated rings. The van der Waals surface area contributed by atoms with Crippen molar-refractivity contribution < 1.29 is 19.1 Å². The summed E-state index contributed by atoms with van der Waals surface area (Å²) in [5.74, 6) is 0.628. The highest BCUT2D eigenvalue weighted by Gasteiger charge is 2.12. The van der Waals surface area contributed by atoms with Crippen LogP contribution in [0.25, 0.3) is 0 Å². The Bertz CT molecular complexity index is 517. The van der Waals surface area contributed by atoms with Crippen molar-refractivity contribution in [1.29, 1.82) is 0 Å². The van der Waals surface area contributed by atoms with Crippen LogP contribution in [0.5, 0.6) is 11.5 Å². The summed E-state index contributed by atoms with van der Waals surface area (Å²) in [4.78, 5) is 23.6. The SMILES string of the molecule is CCCNC(=O)CNC(=O)c1ccc(OCCC)c(OCC)c1. The molecule has 0 bridgehead atoms. The normalized spacial score (nSPS) is 10.0. The fourth-order valence-corrected chi connectivity index (χ4v) is 1.84. The molecule has 6 nitrogen and oxygen atoms in total. The first kappa shape index (κ1) is 18.8. The molecule has 0 heterocycles. The number of benzene rings is 1. The second kappa shape index (κ2) is 10.5. The van der Waals surface area contributed by atoms with Gasteiger partial charge in [-0.2, -0.15) is 0 Å². The maximum absolute atomic E-state index is 12.1. The van der Waals surface area contributed by atoms with Crippen LogP contribution in [-0.4, -0.2) is 38.1 Å². The van der Waals surface area contributed by atoms with Crippen LogP contribution < -0.4 is 20.1 Å². The largest absolute Gasteiger partial charge is 0.490 e. The van der Waals surface area contributed by atoms with Crippen LogP contribution in [0.1, 0.15) is 44.0 Å². The average Bonchev–Trinajstić information content (AvgIpc) is 2.56. The van der Waals surface area contributed by atoms with E-state index in [4.69, 9.17) is 9.47 Å². The van der Waals surface area contributed by atoms with E-state index in [0.29, 0.717) is 36.8 Å². The van der Waals surface area contributed by atoms with Gasteiger partial charge in [-0.25, -0.2) is 0 Å². The van der Waals surface area contributed by atoms with E-state index < -0.39 is 0 Å². The highest BCUT2D eigenvalue weighted by Crippen LogP contribution is 2.28. The van der Waals surface area contributed by atoms with Crippen LogP contribution in [0.3, 0.4) is 0 Å². The molecule has 0 aliphatic heterocycles. The standard InChI is InChI=1S/C17H26N2O4/c1-4-9-18-16(20)12-19-17(21)13-7-8-14(23-10-5-2)15(11-13)22-6-3/h7-8,11H,4-6,9-10,12H2,1-3H3,(H,18,20)(H,19,21). The van der Waals surface area contributed by atoms with Gasteiger partial charge in [0.15, 0.2) is 11.5 Å². The zero-order chi connectivity index (χ0) is 17.1. The van der Waals surface area contributed by atoms with Crippen LogP contribution in [0.15, 0.2) is 18.2 Å². The number of hydrogen-bond donors (Lipinski definition) is 2. The molecule has 0 aromatic heterocycles. The van der Waals surface area contributed by atoms with Gasteiger partial charge in [-0.05, 0) is 38.0 Å². The lowest BCUT2D eigenvalue weighted by atomic mass is 10.2. The lowest BCUT2D eigenvalue weighted by Crippen LogP contribution is -2.37. The van der Waals surface area contributed by atoms with Gasteiger partial charge in [0.2, 0.25) is 5.91 Å². The Balaban J connectivity index is 2.69. The van der Waals surface area contributed by atoms with Gasteiger partial charge in [0, 0.05) is 12.1 Å². The summed E-state index contributed by atoms with van der Waals surface area (Å²) in [5, 5.41) is 5.30. The van der Waals surface area contributed by atoms with Gasteiger partial charge in [-0.15, -0.1) is 0 Å². The number of nitrogens with one attached hydrogen (secondary N) is 2. The third-order valence-corrected chi connectivity index (χ3v) is 2.95. The van der Waals surface area contributed by atoms with Crippen molar-refractivity contribution in [1.82, 2.24) is 10.6 Å². The Labute approximate surface area is 137 Å². The Hall–Kier alpha value is -2.24. The molecule has 1 rings (SSSR count). The number of amides is 2. The number of ether oxygens (including phenoxy) is 2. The van der Waals surface area contributed by atoms with Crippen molar-refractivity contribution in [3.8, 4) is 11.5 Å². The van der Waals surface area contributed by atoms with Gasteiger partial charge in [0.25, 0.3) is 5.91 Å². The van der Waals surface area contributed by atoms with Crippen molar-refractivity contribution in [3.05, 3.63) is 23.8 Å². The van der Waals surface area contributed by atoms with E-state index in [9.17, 15) is 9.59 Å². The first-order chi connectivity index (χ1) is 11.1. The smallest absolute Gasteiger partial charge is 0.251 e. The third-order valence-electron chi connectivity index (χ3n) is 2.95. The minimum absolute atomic E-state index is 0.0448. The van der Waals surface area contributed by atoms with Crippen LogP contribution in [-0.2, 0) is 4.79 Å². The summed E-state index contributed by atoms with van der Waals surface area (Å²) in [5.41, 5.74) is 0.431. The molecule has 0 unspecified atom stereocenters. The van der Waals surface area contributed by atoms with Gasteiger partial charge in [0.1, 0.15) is 0 Å². The summed E-state index contributed by atoms with van der Waals surface area (Å²) in [6, 6.07) is 5.01. The monoisotopic (exact) mass is 322 g/mol. The number of carbonyl (C=O) groups is 2. The maximum atomic E-state index is 12.1. The Morgan fingerprint density at radius 2 is 1.78 bits per heavy atom. The molecule has 1 aromatic rings. The molecule has 6 heteroatoms. The Kier molecular flexibility index (Phi) is 8.57. The zero-order valence-electron chi connectivity index (χ0n) is 14.1. The van der Waals surface area contributed by atoms with Crippen LogP contribution in [0.4, 0.5) is 0 Å². The van der Waals surface area contributed by atoms with Gasteiger partial charge < -0.3 is 20.1 Å². The molecular formula is C17H26N2O4. The molecule has 0 aliphatic carbocycles. The van der Waals surface area contributed by atoms with Crippen molar-refractivity contribution in [2.24, 2.45) is 0 Å². The van der Waals surface area contributed by atoms with Gasteiger partial charge >= 0.3 is 0 Å². The molecule has 23 heavy (non-hydrogen) atoms. The first-order valence-corrected chi connectivity index (χ1v) is 8.06. The number of rotatable bonds is 10. The molecular weight excluding hydrogens is 296 g/mol. The molecule has 0 saturated carbocycles. The Morgan fingerprint density at radius 3 is 2.43 bits per heavy atom. The lowest BCUT2D eigenvalue weighted by molar-refractivity contribution is -0.120. The zero-order valence-corrected chi connectivity index (χ0v) is 14.1. The van der Waals surface area contributed by atoms with Gasteiger partial charge in [-0.1, -0.05) is 13.8 Å². The van der Waals surface area contributed by atoms with E-state index in [0.717, 1.165) is 12.8 Å². The average molecular weight is 322 g/mol. The third kappa shape index (κ3) is 6.59. The summed E-state index contributed by atoms with van der Waals surface area (Å²) in [6.07, 6.45) is 1.75. The van der Waals surface area contributed by atoms with Crippen LogP contribution in [0, 0.1) is 0 Å². The van der Waals surface area contributed by atoms with Crippen LogP contribution in [0.2, 0.25) is 0 Å². The fraction of sp³-hybridized carbons (Fsp3) is 0.529. The molecule has 128 valence electrons. The second-order valence-electron chi connectivity index (χ2n) is 4.98. The van der Waals surface area contributed by atoms with E-state index >= 15 is 0 Å². The van der Waals surface area contributed by atoms with Crippen molar-refractivity contribution >= 4 is 11.8 Å².